The second kappa shape index (κ2) is 9.21. The van der Waals surface area contributed by atoms with E-state index >= 15 is 0 Å². The van der Waals surface area contributed by atoms with Gasteiger partial charge in [0.1, 0.15) is 11.9 Å². The van der Waals surface area contributed by atoms with Crippen molar-refractivity contribution in [1.29, 1.82) is 0 Å². The Bertz CT molecular complexity index is 504. The Kier molecular flexibility index (Phi) is 7.87. The minimum absolute atomic E-state index is 0.0589. The summed E-state index contributed by atoms with van der Waals surface area (Å²) in [6.45, 7) is 9.21. The topological polar surface area (TPSA) is 107 Å². The minimum Gasteiger partial charge on any atom is -0.465 e. The summed E-state index contributed by atoms with van der Waals surface area (Å²) in [4.78, 5) is 36.0. The van der Waals surface area contributed by atoms with Gasteiger partial charge in [-0.3, -0.25) is 4.90 Å². The van der Waals surface area contributed by atoms with Crippen LogP contribution in [0, 0.1) is 0 Å². The number of amides is 2. The Hall–Kier alpha value is -1.83. The van der Waals surface area contributed by atoms with Gasteiger partial charge in [0.2, 0.25) is 0 Å². The Labute approximate surface area is 155 Å². The van der Waals surface area contributed by atoms with Crippen LogP contribution >= 0.6 is 0 Å². The maximum Gasteiger partial charge on any atom is 0.411 e. The van der Waals surface area contributed by atoms with Crippen molar-refractivity contribution in [1.82, 2.24) is 9.80 Å². The highest BCUT2D eigenvalue weighted by Crippen LogP contribution is 2.25. The molecule has 0 radical (unpaired) electrons. The third-order valence-corrected chi connectivity index (χ3v) is 4.69. The fraction of sp³-hybridized carbons (Fsp3) is 0.833. The minimum atomic E-state index is -0.922. The van der Waals surface area contributed by atoms with Gasteiger partial charge in [-0.2, -0.15) is 0 Å². The van der Waals surface area contributed by atoms with E-state index in [9.17, 15) is 14.4 Å². The van der Waals surface area contributed by atoms with E-state index < -0.39 is 11.7 Å². The van der Waals surface area contributed by atoms with E-state index in [0.717, 1.165) is 32.0 Å². The highest BCUT2D eigenvalue weighted by molar-refractivity contribution is 5.74. The molecule has 0 saturated carbocycles. The predicted molar refractivity (Wildman–Crippen MR) is 96.1 cm³/mol. The van der Waals surface area contributed by atoms with Crippen molar-refractivity contribution in [2.24, 2.45) is 0 Å². The molecule has 0 aromatic carbocycles. The number of aldehydes is 1. The summed E-state index contributed by atoms with van der Waals surface area (Å²) in [6, 6.07) is -0.336. The van der Waals surface area contributed by atoms with Crippen LogP contribution in [0.5, 0.6) is 0 Å². The molecule has 4 atom stereocenters. The lowest BCUT2D eigenvalue weighted by molar-refractivity contribution is -0.112. The summed E-state index contributed by atoms with van der Waals surface area (Å²) < 4.78 is 5.25. The zero-order valence-electron chi connectivity index (χ0n) is 16.3. The number of hydrogen-bond donors (Lipinski definition) is 2. The highest BCUT2D eigenvalue weighted by Gasteiger charge is 2.36. The van der Waals surface area contributed by atoms with Crippen LogP contribution in [0.3, 0.4) is 0 Å². The molecule has 2 aliphatic heterocycles. The van der Waals surface area contributed by atoms with Crippen LogP contribution in [0.2, 0.25) is 0 Å². The van der Waals surface area contributed by atoms with Crippen molar-refractivity contribution < 1.29 is 29.3 Å². The van der Waals surface area contributed by atoms with Gasteiger partial charge in [-0.1, -0.05) is 0 Å². The van der Waals surface area contributed by atoms with Gasteiger partial charge in [0, 0.05) is 12.1 Å². The van der Waals surface area contributed by atoms with Gasteiger partial charge in [-0.25, -0.2) is 9.59 Å². The number of rotatable bonds is 2. The maximum atomic E-state index is 11.8. The van der Waals surface area contributed by atoms with Crippen molar-refractivity contribution in [3.63, 3.8) is 0 Å². The van der Waals surface area contributed by atoms with Crippen molar-refractivity contribution in [2.75, 3.05) is 6.61 Å². The third-order valence-electron chi connectivity index (χ3n) is 4.69. The number of likely N-dealkylation sites (tertiary alicyclic amines) is 2. The zero-order valence-corrected chi connectivity index (χ0v) is 16.3. The lowest BCUT2D eigenvalue weighted by atomic mass is 10.2. The van der Waals surface area contributed by atoms with Crippen LogP contribution in [-0.2, 0) is 9.53 Å². The molecule has 2 aliphatic rings. The molecule has 2 amide bonds. The summed E-state index contributed by atoms with van der Waals surface area (Å²) in [5.41, 5.74) is -0.507. The van der Waals surface area contributed by atoms with Crippen LogP contribution in [0.15, 0.2) is 0 Å². The van der Waals surface area contributed by atoms with Crippen molar-refractivity contribution >= 4 is 18.5 Å². The standard InChI is InChI=1S/C11H19NO3.C7H13NO3/c1-8-5-6-9(7-13)12(8)10(14)15-11(2,3)4;1-5-2-3-6(4-9)8(5)7(10)11/h7-9H,5-6H2,1-4H3;5-6,9H,2-4H2,1H3,(H,10,11)/t8-,9-;/m1./s1. The third kappa shape index (κ3) is 5.86. The molecule has 26 heavy (non-hydrogen) atoms. The molecule has 2 unspecified atom stereocenters. The number of hydrogen-bond acceptors (Lipinski definition) is 5. The molecule has 0 aliphatic carbocycles. The van der Waals surface area contributed by atoms with E-state index in [1.165, 1.54) is 9.80 Å². The molecule has 2 fully saturated rings. The van der Waals surface area contributed by atoms with Crippen LogP contribution in [0.25, 0.3) is 0 Å². The Morgan fingerprint density at radius 2 is 1.62 bits per heavy atom. The first-order valence-electron chi connectivity index (χ1n) is 9.10. The Morgan fingerprint density at radius 3 is 2.04 bits per heavy atom. The van der Waals surface area contributed by atoms with E-state index in [2.05, 4.69) is 0 Å². The number of aliphatic hydroxyl groups excluding tert-OH is 1. The molecule has 2 heterocycles. The normalized spacial score (nSPS) is 28.4. The Balaban J connectivity index is 0.000000273. The van der Waals surface area contributed by atoms with E-state index in [4.69, 9.17) is 14.9 Å². The van der Waals surface area contributed by atoms with Gasteiger partial charge >= 0.3 is 12.2 Å². The molecule has 0 aromatic rings. The van der Waals surface area contributed by atoms with Crippen LogP contribution in [0.1, 0.15) is 60.3 Å². The second-order valence-corrected chi connectivity index (χ2v) is 7.97. The summed E-state index contributed by atoms with van der Waals surface area (Å²) >= 11 is 0. The highest BCUT2D eigenvalue weighted by atomic mass is 16.6. The summed E-state index contributed by atoms with van der Waals surface area (Å²) in [5, 5.41) is 17.5. The van der Waals surface area contributed by atoms with Crippen LogP contribution < -0.4 is 0 Å². The van der Waals surface area contributed by atoms with Crippen molar-refractivity contribution in [3.8, 4) is 0 Å². The summed E-state index contributed by atoms with van der Waals surface area (Å²) in [7, 11) is 0. The monoisotopic (exact) mass is 372 g/mol. The molecular weight excluding hydrogens is 340 g/mol. The molecule has 8 heteroatoms. The number of nitrogens with zero attached hydrogens (tertiary/aromatic N) is 2. The molecular formula is C18H32N2O6. The first kappa shape index (κ1) is 22.2. The van der Waals surface area contributed by atoms with Gasteiger partial charge in [0.15, 0.2) is 0 Å². The Morgan fingerprint density at radius 1 is 1.08 bits per heavy atom. The lowest BCUT2D eigenvalue weighted by Crippen LogP contribution is -2.43. The van der Waals surface area contributed by atoms with E-state index in [1.54, 1.807) is 0 Å². The quantitative estimate of drug-likeness (QED) is 0.721. The lowest BCUT2D eigenvalue weighted by Gasteiger charge is -2.29. The molecule has 0 spiro atoms. The summed E-state index contributed by atoms with van der Waals surface area (Å²) in [6.07, 6.45) is 2.76. The van der Waals surface area contributed by atoms with E-state index in [0.29, 0.717) is 0 Å². The first-order valence-corrected chi connectivity index (χ1v) is 9.10. The van der Waals surface area contributed by atoms with Crippen molar-refractivity contribution in [2.45, 2.75) is 90.1 Å². The van der Waals surface area contributed by atoms with Crippen molar-refractivity contribution in [3.05, 3.63) is 0 Å². The number of ether oxygens (including phenoxy) is 1. The first-order chi connectivity index (χ1) is 12.0. The predicted octanol–water partition coefficient (Wildman–Crippen LogP) is 2.48. The van der Waals surface area contributed by atoms with Gasteiger partial charge in [0.25, 0.3) is 0 Å². The maximum absolute atomic E-state index is 11.8. The molecule has 2 rings (SSSR count). The number of carbonyl (C=O) groups excluding carboxylic acids is 2. The fourth-order valence-electron chi connectivity index (χ4n) is 3.38. The number of carboxylic acid groups (broad SMARTS) is 1. The molecule has 0 aromatic heterocycles. The zero-order chi connectivity index (χ0) is 20.1. The molecule has 2 saturated heterocycles. The second-order valence-electron chi connectivity index (χ2n) is 7.97. The SMILES string of the molecule is CC1CCC(CO)N1C(=O)O.C[C@@H]1CC[C@H](C=O)N1C(=O)OC(C)(C)C. The van der Waals surface area contributed by atoms with E-state index in [1.807, 2.05) is 34.6 Å². The summed E-state index contributed by atoms with van der Waals surface area (Å²) in [5.74, 6) is 0. The van der Waals surface area contributed by atoms with Gasteiger partial charge in [-0.05, 0) is 60.3 Å². The average Bonchev–Trinajstić information content (AvgIpc) is 3.08. The van der Waals surface area contributed by atoms with Gasteiger partial charge in [0.05, 0.1) is 18.7 Å². The molecule has 150 valence electrons. The van der Waals surface area contributed by atoms with Crippen LogP contribution in [-0.4, -0.2) is 74.9 Å². The van der Waals surface area contributed by atoms with E-state index in [-0.39, 0.29) is 36.9 Å². The number of carbonyl (C=O) groups is 3. The van der Waals surface area contributed by atoms with Crippen LogP contribution in [0.4, 0.5) is 9.59 Å². The van der Waals surface area contributed by atoms with Gasteiger partial charge in [-0.15, -0.1) is 0 Å². The molecule has 8 nitrogen and oxygen atoms in total. The number of aliphatic hydroxyl groups is 1. The van der Waals surface area contributed by atoms with Gasteiger partial charge < -0.3 is 24.6 Å². The molecule has 2 N–H and O–H groups in total. The smallest absolute Gasteiger partial charge is 0.411 e. The average molecular weight is 372 g/mol. The molecule has 0 bridgehead atoms. The fourth-order valence-corrected chi connectivity index (χ4v) is 3.38. The largest absolute Gasteiger partial charge is 0.465 e.